The zero-order chi connectivity index (χ0) is 17.6. The van der Waals surface area contributed by atoms with E-state index in [4.69, 9.17) is 4.74 Å². The normalized spacial score (nSPS) is 14.8. The Bertz CT molecular complexity index is 327. The van der Waals surface area contributed by atoms with Gasteiger partial charge in [-0.1, -0.05) is 68.7 Å². The maximum absolute atomic E-state index is 12.9. The second kappa shape index (κ2) is 8.36. The van der Waals surface area contributed by atoms with Crippen molar-refractivity contribution in [2.45, 2.75) is 106 Å². The summed E-state index contributed by atoms with van der Waals surface area (Å²) in [6, 6.07) is 0. The first kappa shape index (κ1) is 21.5. The highest BCUT2D eigenvalue weighted by Crippen LogP contribution is 2.39. The molecule has 0 aromatic carbocycles. The number of esters is 1. The van der Waals surface area contributed by atoms with Crippen LogP contribution in [0.2, 0.25) is 0 Å². The molecule has 0 spiro atoms. The Labute approximate surface area is 139 Å². The fourth-order valence-electron chi connectivity index (χ4n) is 2.94. The van der Waals surface area contributed by atoms with Gasteiger partial charge in [0.2, 0.25) is 0 Å². The van der Waals surface area contributed by atoms with Crippen LogP contribution in [0.25, 0.3) is 0 Å². The van der Waals surface area contributed by atoms with E-state index in [2.05, 4.69) is 62.3 Å². The van der Waals surface area contributed by atoms with Gasteiger partial charge in [0, 0.05) is 0 Å². The highest BCUT2D eigenvalue weighted by Gasteiger charge is 2.39. The van der Waals surface area contributed by atoms with Crippen LogP contribution in [-0.2, 0) is 9.53 Å². The molecule has 0 amide bonds. The van der Waals surface area contributed by atoms with Gasteiger partial charge in [-0.15, -0.1) is 0 Å². The minimum absolute atomic E-state index is 0.00206. The summed E-state index contributed by atoms with van der Waals surface area (Å²) in [5.41, 5.74) is -0.210. The van der Waals surface area contributed by atoms with Gasteiger partial charge in [0.15, 0.2) is 0 Å². The Morgan fingerprint density at radius 3 is 1.77 bits per heavy atom. The van der Waals surface area contributed by atoms with E-state index in [0.717, 1.165) is 38.5 Å². The van der Waals surface area contributed by atoms with E-state index < -0.39 is 0 Å². The summed E-state index contributed by atoms with van der Waals surface area (Å²) in [5.74, 6) is -0.0474. The zero-order valence-corrected chi connectivity index (χ0v) is 16.6. The smallest absolute Gasteiger partial charge is 0.310 e. The van der Waals surface area contributed by atoms with Crippen LogP contribution in [0.5, 0.6) is 0 Å². The van der Waals surface area contributed by atoms with Gasteiger partial charge in [-0.05, 0) is 42.9 Å². The first-order valence-electron chi connectivity index (χ1n) is 9.13. The van der Waals surface area contributed by atoms with Gasteiger partial charge in [-0.3, -0.25) is 4.79 Å². The Hall–Kier alpha value is -0.530. The molecule has 0 fully saturated rings. The molecule has 2 heteroatoms. The molecule has 0 N–H and O–H groups in total. The monoisotopic (exact) mass is 312 g/mol. The summed E-state index contributed by atoms with van der Waals surface area (Å²) in [7, 11) is 0. The molecule has 1 unspecified atom stereocenters. The van der Waals surface area contributed by atoms with Gasteiger partial charge in [-0.2, -0.15) is 0 Å². The highest BCUT2D eigenvalue weighted by atomic mass is 16.6. The third-order valence-corrected chi connectivity index (χ3v) is 4.74. The molecule has 0 aromatic heterocycles. The lowest BCUT2D eigenvalue weighted by atomic mass is 9.72. The van der Waals surface area contributed by atoms with Gasteiger partial charge in [-0.25, -0.2) is 0 Å². The van der Waals surface area contributed by atoms with E-state index in [0.29, 0.717) is 0 Å². The standard InChI is InChI=1S/C20H40O2/c1-10-13-14-20(11-2,12-3)22-17(21)16(19(7,8)9)15-18(4,5)6/h16H,10-15H2,1-9H3. The summed E-state index contributed by atoms with van der Waals surface area (Å²) >= 11 is 0. The van der Waals surface area contributed by atoms with Crippen molar-refractivity contribution in [3.8, 4) is 0 Å². The van der Waals surface area contributed by atoms with Crippen molar-refractivity contribution < 1.29 is 9.53 Å². The van der Waals surface area contributed by atoms with Crippen LogP contribution < -0.4 is 0 Å². The number of carbonyl (C=O) groups is 1. The average Bonchev–Trinajstić information content (AvgIpc) is 2.38. The van der Waals surface area contributed by atoms with Gasteiger partial charge < -0.3 is 4.74 Å². The zero-order valence-electron chi connectivity index (χ0n) is 16.6. The molecule has 0 aliphatic carbocycles. The Kier molecular flexibility index (Phi) is 8.16. The fourth-order valence-corrected chi connectivity index (χ4v) is 2.94. The van der Waals surface area contributed by atoms with Crippen LogP contribution in [0.4, 0.5) is 0 Å². The fraction of sp³-hybridized carbons (Fsp3) is 0.950. The lowest BCUT2D eigenvalue weighted by Gasteiger charge is -2.38. The van der Waals surface area contributed by atoms with Crippen LogP contribution in [0, 0.1) is 16.7 Å². The van der Waals surface area contributed by atoms with Crippen molar-refractivity contribution in [1.29, 1.82) is 0 Å². The average molecular weight is 313 g/mol. The van der Waals surface area contributed by atoms with Crippen molar-refractivity contribution in [2.75, 3.05) is 0 Å². The summed E-state index contributed by atoms with van der Waals surface area (Å²) < 4.78 is 6.13. The van der Waals surface area contributed by atoms with E-state index in [-0.39, 0.29) is 28.3 Å². The molecule has 0 aromatic rings. The summed E-state index contributed by atoms with van der Waals surface area (Å²) in [6.45, 7) is 19.5. The SMILES string of the molecule is CCCCC(CC)(CC)OC(=O)C(CC(C)(C)C)C(C)(C)C. The Balaban J connectivity index is 5.21. The number of rotatable bonds is 8. The number of ether oxygens (including phenoxy) is 1. The number of unbranched alkanes of at least 4 members (excludes halogenated alkanes) is 1. The molecule has 0 aliphatic heterocycles. The third kappa shape index (κ3) is 7.15. The summed E-state index contributed by atoms with van der Waals surface area (Å²) in [4.78, 5) is 12.9. The molecule has 22 heavy (non-hydrogen) atoms. The number of hydrogen-bond donors (Lipinski definition) is 0. The van der Waals surface area contributed by atoms with Crippen LogP contribution >= 0.6 is 0 Å². The van der Waals surface area contributed by atoms with E-state index in [1.165, 1.54) is 0 Å². The second-order valence-electron chi connectivity index (χ2n) is 9.10. The molecular weight excluding hydrogens is 272 g/mol. The van der Waals surface area contributed by atoms with Gasteiger partial charge in [0.25, 0.3) is 0 Å². The molecular formula is C20H40O2. The van der Waals surface area contributed by atoms with E-state index in [9.17, 15) is 4.79 Å². The van der Waals surface area contributed by atoms with Gasteiger partial charge >= 0.3 is 5.97 Å². The van der Waals surface area contributed by atoms with Crippen molar-refractivity contribution in [3.63, 3.8) is 0 Å². The number of carbonyl (C=O) groups excluding carboxylic acids is 1. The van der Waals surface area contributed by atoms with Crippen LogP contribution in [0.3, 0.4) is 0 Å². The van der Waals surface area contributed by atoms with Crippen molar-refractivity contribution >= 4 is 5.97 Å². The predicted molar refractivity (Wildman–Crippen MR) is 95.9 cm³/mol. The summed E-state index contributed by atoms with van der Waals surface area (Å²) in [6.07, 6.45) is 5.92. The Morgan fingerprint density at radius 1 is 0.955 bits per heavy atom. The Morgan fingerprint density at radius 2 is 1.45 bits per heavy atom. The van der Waals surface area contributed by atoms with Crippen LogP contribution in [-0.4, -0.2) is 11.6 Å². The van der Waals surface area contributed by atoms with Crippen molar-refractivity contribution in [1.82, 2.24) is 0 Å². The van der Waals surface area contributed by atoms with Crippen molar-refractivity contribution in [2.24, 2.45) is 16.7 Å². The minimum Gasteiger partial charge on any atom is -0.459 e. The lowest BCUT2D eigenvalue weighted by molar-refractivity contribution is -0.172. The molecule has 0 radical (unpaired) electrons. The third-order valence-electron chi connectivity index (χ3n) is 4.74. The van der Waals surface area contributed by atoms with Gasteiger partial charge in [0.05, 0.1) is 5.92 Å². The lowest BCUT2D eigenvalue weighted by Crippen LogP contribution is -2.41. The topological polar surface area (TPSA) is 26.3 Å². The van der Waals surface area contributed by atoms with Gasteiger partial charge in [0.1, 0.15) is 5.60 Å². The largest absolute Gasteiger partial charge is 0.459 e. The maximum atomic E-state index is 12.9. The molecule has 2 nitrogen and oxygen atoms in total. The first-order valence-corrected chi connectivity index (χ1v) is 9.13. The van der Waals surface area contributed by atoms with Crippen LogP contribution in [0.15, 0.2) is 0 Å². The minimum atomic E-state index is -0.269. The number of hydrogen-bond acceptors (Lipinski definition) is 2. The first-order chi connectivity index (χ1) is 9.90. The molecule has 0 rings (SSSR count). The second-order valence-corrected chi connectivity index (χ2v) is 9.10. The molecule has 0 bridgehead atoms. The predicted octanol–water partition coefficient (Wildman–Crippen LogP) is 6.38. The maximum Gasteiger partial charge on any atom is 0.310 e. The van der Waals surface area contributed by atoms with E-state index in [1.54, 1.807) is 0 Å². The molecule has 0 saturated carbocycles. The molecule has 0 saturated heterocycles. The van der Waals surface area contributed by atoms with Crippen LogP contribution in [0.1, 0.15) is 101 Å². The summed E-state index contributed by atoms with van der Waals surface area (Å²) in [5, 5.41) is 0. The molecule has 132 valence electrons. The molecule has 0 aliphatic rings. The van der Waals surface area contributed by atoms with Crippen molar-refractivity contribution in [3.05, 3.63) is 0 Å². The molecule has 1 atom stereocenters. The quantitative estimate of drug-likeness (QED) is 0.486. The van der Waals surface area contributed by atoms with E-state index in [1.807, 2.05) is 0 Å². The van der Waals surface area contributed by atoms with E-state index >= 15 is 0 Å². The highest BCUT2D eigenvalue weighted by molar-refractivity contribution is 5.74. The molecule has 0 heterocycles.